The van der Waals surface area contributed by atoms with E-state index in [2.05, 4.69) is 4.98 Å². The minimum atomic E-state index is -3.78. The van der Waals surface area contributed by atoms with Crippen LogP contribution in [-0.2, 0) is 21.1 Å². The summed E-state index contributed by atoms with van der Waals surface area (Å²) in [6, 6.07) is 17.2. The Balaban J connectivity index is 1.39. The standard InChI is InChI=1S/C30H36N2O7S/c1-37-27-17-16-26(21-28(27)38-23-14-15-24(20-23)39-30-13-6-7-18-31-30)40(35,36)25-11-8-10-22(19-25)9-4-2-3-5-12-29(33)32-34/h6-8,10-11,13,16-19,21,23-24,34H,2-5,9,12,14-15,20H2,1H3,(H,32,33)/t23-,24-/m1/s1. The number of nitrogens with one attached hydrogen (secondary N) is 1. The summed E-state index contributed by atoms with van der Waals surface area (Å²) in [6.45, 7) is 0. The van der Waals surface area contributed by atoms with E-state index in [1.807, 2.05) is 24.3 Å². The third kappa shape index (κ3) is 7.95. The number of hydroxylamine groups is 1. The number of methoxy groups -OCH3 is 1. The highest BCUT2D eigenvalue weighted by molar-refractivity contribution is 7.91. The summed E-state index contributed by atoms with van der Waals surface area (Å²) in [5.74, 6) is 1.05. The first-order valence-electron chi connectivity index (χ1n) is 13.6. The van der Waals surface area contributed by atoms with E-state index in [4.69, 9.17) is 19.4 Å². The summed E-state index contributed by atoms with van der Waals surface area (Å²) in [4.78, 5) is 15.7. The van der Waals surface area contributed by atoms with E-state index in [1.165, 1.54) is 19.2 Å². The van der Waals surface area contributed by atoms with Gasteiger partial charge in [-0.15, -0.1) is 0 Å². The molecular weight excluding hydrogens is 532 g/mol. The van der Waals surface area contributed by atoms with Crippen molar-refractivity contribution in [3.63, 3.8) is 0 Å². The molecule has 2 N–H and O–H groups in total. The zero-order chi connectivity index (χ0) is 28.4. The predicted molar refractivity (Wildman–Crippen MR) is 149 cm³/mol. The van der Waals surface area contributed by atoms with Gasteiger partial charge < -0.3 is 14.2 Å². The Kier molecular flexibility index (Phi) is 10.4. The Morgan fingerprint density at radius 1 is 0.925 bits per heavy atom. The quantitative estimate of drug-likeness (QED) is 0.153. The Bertz CT molecular complexity index is 1370. The van der Waals surface area contributed by atoms with Gasteiger partial charge in [0.1, 0.15) is 12.2 Å². The maximum atomic E-state index is 13.6. The number of benzene rings is 2. The molecule has 0 aliphatic heterocycles. The number of sulfone groups is 1. The molecule has 10 heteroatoms. The highest BCUT2D eigenvalue weighted by Crippen LogP contribution is 2.36. The number of pyridine rings is 1. The van der Waals surface area contributed by atoms with Gasteiger partial charge in [0, 0.05) is 31.2 Å². The largest absolute Gasteiger partial charge is 0.493 e. The second-order valence-electron chi connectivity index (χ2n) is 9.87. The first-order valence-corrected chi connectivity index (χ1v) is 15.1. The highest BCUT2D eigenvalue weighted by atomic mass is 32.2. The Morgan fingerprint density at radius 3 is 2.45 bits per heavy atom. The van der Waals surface area contributed by atoms with Crippen molar-refractivity contribution < 1.29 is 32.6 Å². The third-order valence-corrected chi connectivity index (χ3v) is 8.70. The molecule has 0 spiro atoms. The molecule has 214 valence electrons. The van der Waals surface area contributed by atoms with Gasteiger partial charge in [0.05, 0.1) is 16.9 Å². The van der Waals surface area contributed by atoms with Crippen molar-refractivity contribution in [3.8, 4) is 17.4 Å². The van der Waals surface area contributed by atoms with Crippen LogP contribution in [0.25, 0.3) is 0 Å². The number of nitrogens with zero attached hydrogens (tertiary/aromatic N) is 1. The predicted octanol–water partition coefficient (Wildman–Crippen LogP) is 5.30. The number of aromatic nitrogens is 1. The Labute approximate surface area is 235 Å². The SMILES string of the molecule is COc1ccc(S(=O)(=O)c2cccc(CCCCCCC(=O)NO)c2)cc1O[C@@H]1CC[C@@H](Oc2ccccn2)C1. The maximum absolute atomic E-state index is 13.6. The van der Waals surface area contributed by atoms with Gasteiger partial charge in [0.2, 0.25) is 21.6 Å². The molecule has 3 aromatic rings. The summed E-state index contributed by atoms with van der Waals surface area (Å²) < 4.78 is 44.8. The summed E-state index contributed by atoms with van der Waals surface area (Å²) in [6.07, 6.45) is 8.12. The summed E-state index contributed by atoms with van der Waals surface area (Å²) in [5, 5.41) is 8.55. The molecule has 1 aliphatic carbocycles. The monoisotopic (exact) mass is 568 g/mol. The molecule has 9 nitrogen and oxygen atoms in total. The number of aryl methyl sites for hydroxylation is 1. The molecule has 1 heterocycles. The van der Waals surface area contributed by atoms with Crippen LogP contribution in [0, 0.1) is 0 Å². The molecule has 1 saturated carbocycles. The first kappa shape index (κ1) is 29.4. The summed E-state index contributed by atoms with van der Waals surface area (Å²) in [7, 11) is -2.25. The van der Waals surface area contributed by atoms with Crippen LogP contribution in [0.3, 0.4) is 0 Å². The van der Waals surface area contributed by atoms with Crippen molar-refractivity contribution in [3.05, 3.63) is 72.4 Å². The van der Waals surface area contributed by atoms with Crippen molar-refractivity contribution in [2.75, 3.05) is 7.11 Å². The van der Waals surface area contributed by atoms with E-state index in [0.717, 1.165) is 44.1 Å². The van der Waals surface area contributed by atoms with Gasteiger partial charge in [-0.25, -0.2) is 18.9 Å². The molecule has 0 radical (unpaired) electrons. The van der Waals surface area contributed by atoms with Gasteiger partial charge in [-0.1, -0.05) is 31.0 Å². The van der Waals surface area contributed by atoms with Crippen LogP contribution < -0.4 is 19.7 Å². The molecule has 4 rings (SSSR count). The smallest absolute Gasteiger partial charge is 0.243 e. The number of hydrogen-bond donors (Lipinski definition) is 2. The Hall–Kier alpha value is -3.63. The molecule has 1 aliphatic rings. The third-order valence-electron chi connectivity index (χ3n) is 6.95. The molecule has 1 amide bonds. The van der Waals surface area contributed by atoms with Gasteiger partial charge in [0.25, 0.3) is 0 Å². The molecule has 0 saturated heterocycles. The molecule has 1 aromatic heterocycles. The van der Waals surface area contributed by atoms with Crippen LogP contribution >= 0.6 is 0 Å². The van der Waals surface area contributed by atoms with Crippen molar-refractivity contribution >= 4 is 15.7 Å². The lowest BCUT2D eigenvalue weighted by molar-refractivity contribution is -0.129. The lowest BCUT2D eigenvalue weighted by Crippen LogP contribution is -2.18. The average Bonchev–Trinajstić information content (AvgIpc) is 3.41. The van der Waals surface area contributed by atoms with Gasteiger partial charge in [-0.2, -0.15) is 0 Å². The molecule has 0 bridgehead atoms. The van der Waals surface area contributed by atoms with Crippen LogP contribution in [-0.4, -0.2) is 43.8 Å². The van der Waals surface area contributed by atoms with Gasteiger partial charge in [0.15, 0.2) is 11.5 Å². The van der Waals surface area contributed by atoms with E-state index < -0.39 is 9.84 Å². The average molecular weight is 569 g/mol. The van der Waals surface area contributed by atoms with Gasteiger partial charge in [-0.3, -0.25) is 10.0 Å². The number of unbranched alkanes of at least 4 members (excludes halogenated alkanes) is 3. The van der Waals surface area contributed by atoms with E-state index in [1.54, 1.807) is 35.9 Å². The van der Waals surface area contributed by atoms with Crippen molar-refractivity contribution in [1.29, 1.82) is 0 Å². The van der Waals surface area contributed by atoms with E-state index >= 15 is 0 Å². The molecule has 2 atom stereocenters. The molecule has 1 fully saturated rings. The molecule has 0 unspecified atom stereocenters. The minimum Gasteiger partial charge on any atom is -0.493 e. The Morgan fingerprint density at radius 2 is 1.70 bits per heavy atom. The fraction of sp³-hybridized carbons (Fsp3) is 0.400. The molecular formula is C30H36N2O7S. The highest BCUT2D eigenvalue weighted by Gasteiger charge is 2.29. The maximum Gasteiger partial charge on any atom is 0.243 e. The summed E-state index contributed by atoms with van der Waals surface area (Å²) >= 11 is 0. The van der Waals surface area contributed by atoms with Crippen LogP contribution in [0.15, 0.2) is 76.7 Å². The van der Waals surface area contributed by atoms with Crippen LogP contribution in [0.5, 0.6) is 17.4 Å². The van der Waals surface area contributed by atoms with Crippen LogP contribution in [0.2, 0.25) is 0 Å². The topological polar surface area (TPSA) is 124 Å². The van der Waals surface area contributed by atoms with Crippen molar-refractivity contribution in [2.24, 2.45) is 0 Å². The van der Waals surface area contributed by atoms with Crippen LogP contribution in [0.4, 0.5) is 0 Å². The van der Waals surface area contributed by atoms with E-state index in [0.29, 0.717) is 30.2 Å². The number of ether oxygens (including phenoxy) is 3. The van der Waals surface area contributed by atoms with Crippen molar-refractivity contribution in [2.45, 2.75) is 79.8 Å². The number of carbonyl (C=O) groups excluding carboxylic acids is 1. The lowest BCUT2D eigenvalue weighted by Gasteiger charge is -2.18. The fourth-order valence-corrected chi connectivity index (χ4v) is 6.17. The van der Waals surface area contributed by atoms with Gasteiger partial charge in [-0.05, 0) is 68.0 Å². The van der Waals surface area contributed by atoms with Gasteiger partial charge >= 0.3 is 0 Å². The lowest BCUT2D eigenvalue weighted by atomic mass is 10.1. The summed E-state index contributed by atoms with van der Waals surface area (Å²) in [5.41, 5.74) is 2.57. The first-order chi connectivity index (χ1) is 19.4. The van der Waals surface area contributed by atoms with E-state index in [-0.39, 0.29) is 34.3 Å². The number of amides is 1. The number of carbonyl (C=O) groups is 1. The zero-order valence-corrected chi connectivity index (χ0v) is 23.4. The number of rotatable bonds is 14. The molecule has 40 heavy (non-hydrogen) atoms. The number of hydrogen-bond acceptors (Lipinski definition) is 8. The van der Waals surface area contributed by atoms with Crippen molar-refractivity contribution in [1.82, 2.24) is 10.5 Å². The molecule has 2 aromatic carbocycles. The second kappa shape index (κ2) is 14.1. The minimum absolute atomic E-state index is 0.0272. The second-order valence-corrected chi connectivity index (χ2v) is 11.8. The fourth-order valence-electron chi connectivity index (χ4n) is 4.83. The zero-order valence-electron chi connectivity index (χ0n) is 22.6. The normalized spacial score (nSPS) is 16.9. The van der Waals surface area contributed by atoms with Crippen LogP contribution in [0.1, 0.15) is 56.9 Å². The van der Waals surface area contributed by atoms with E-state index in [9.17, 15) is 13.2 Å².